The molecule has 3 rings (SSSR count). The van der Waals surface area contributed by atoms with Crippen LogP contribution >= 0.6 is 23.4 Å². The molecule has 26 heavy (non-hydrogen) atoms. The van der Waals surface area contributed by atoms with Gasteiger partial charge in [0.05, 0.1) is 11.4 Å². The van der Waals surface area contributed by atoms with Crippen LogP contribution in [0.1, 0.15) is 36.7 Å². The van der Waals surface area contributed by atoms with Crippen LogP contribution in [-0.4, -0.2) is 20.6 Å². The SMILES string of the molecule is Cc1cc(/C=C2/SC(=O)N(Cc3c(F)cccc3Cl)C2=O)cn1C(C)C. The maximum Gasteiger partial charge on any atom is 0.293 e. The normalized spacial score (nSPS) is 16.4. The lowest BCUT2D eigenvalue weighted by molar-refractivity contribution is -0.123. The summed E-state index contributed by atoms with van der Waals surface area (Å²) >= 11 is 6.86. The predicted octanol–water partition coefficient (Wildman–Crippen LogP) is 5.41. The zero-order chi connectivity index (χ0) is 19.0. The van der Waals surface area contributed by atoms with Gasteiger partial charge in [0.25, 0.3) is 11.1 Å². The van der Waals surface area contributed by atoms with Crippen LogP contribution in [-0.2, 0) is 11.3 Å². The van der Waals surface area contributed by atoms with E-state index in [1.807, 2.05) is 19.2 Å². The van der Waals surface area contributed by atoms with Crippen LogP contribution in [0.3, 0.4) is 0 Å². The standard InChI is InChI=1S/C19H18ClFN2O2S/c1-11(2)22-9-13(7-12(22)3)8-17-18(24)23(19(25)26-17)10-14-15(20)5-4-6-16(14)21/h4-9,11H,10H2,1-3H3/b17-8+. The Balaban J connectivity index is 1.86. The van der Waals surface area contributed by atoms with E-state index in [4.69, 9.17) is 11.6 Å². The Kier molecular flexibility index (Phi) is 5.25. The molecule has 1 saturated heterocycles. The highest BCUT2D eigenvalue weighted by atomic mass is 35.5. The largest absolute Gasteiger partial charge is 0.349 e. The zero-order valence-electron chi connectivity index (χ0n) is 14.6. The van der Waals surface area contributed by atoms with Crippen molar-refractivity contribution in [1.29, 1.82) is 0 Å². The van der Waals surface area contributed by atoms with Crippen molar-refractivity contribution >= 4 is 40.6 Å². The van der Waals surface area contributed by atoms with Crippen LogP contribution in [0.2, 0.25) is 5.02 Å². The molecule has 0 bridgehead atoms. The molecule has 1 aliphatic heterocycles. The molecule has 4 nitrogen and oxygen atoms in total. The van der Waals surface area contributed by atoms with Crippen molar-refractivity contribution < 1.29 is 14.0 Å². The topological polar surface area (TPSA) is 42.3 Å². The third kappa shape index (κ3) is 3.57. The summed E-state index contributed by atoms with van der Waals surface area (Å²) in [4.78, 5) is 26.2. The molecular weight excluding hydrogens is 375 g/mol. The molecule has 1 aromatic carbocycles. The predicted molar refractivity (Wildman–Crippen MR) is 102 cm³/mol. The molecule has 0 unspecified atom stereocenters. The fourth-order valence-corrected chi connectivity index (χ4v) is 3.94. The molecule has 0 spiro atoms. The monoisotopic (exact) mass is 392 g/mol. The van der Waals surface area contributed by atoms with E-state index in [2.05, 4.69) is 18.4 Å². The van der Waals surface area contributed by atoms with Crippen LogP contribution in [0.25, 0.3) is 6.08 Å². The first-order chi connectivity index (χ1) is 12.3. The fourth-order valence-electron chi connectivity index (χ4n) is 2.88. The number of halogens is 2. The van der Waals surface area contributed by atoms with Gasteiger partial charge in [-0.3, -0.25) is 14.5 Å². The summed E-state index contributed by atoms with van der Waals surface area (Å²) in [7, 11) is 0. The van der Waals surface area contributed by atoms with E-state index in [1.54, 1.807) is 6.08 Å². The van der Waals surface area contributed by atoms with E-state index in [9.17, 15) is 14.0 Å². The summed E-state index contributed by atoms with van der Waals surface area (Å²) < 4.78 is 16.1. The van der Waals surface area contributed by atoms with Gasteiger partial charge in [-0.05, 0) is 62.4 Å². The van der Waals surface area contributed by atoms with Crippen molar-refractivity contribution in [3.05, 3.63) is 63.0 Å². The van der Waals surface area contributed by atoms with Crippen LogP contribution in [0.4, 0.5) is 9.18 Å². The molecule has 2 aromatic rings. The number of carbonyl (C=O) groups is 2. The number of carbonyl (C=O) groups excluding carboxylic acids is 2. The summed E-state index contributed by atoms with van der Waals surface area (Å²) in [5.74, 6) is -0.973. The minimum Gasteiger partial charge on any atom is -0.349 e. The summed E-state index contributed by atoms with van der Waals surface area (Å²) in [6.07, 6.45) is 3.64. The number of hydrogen-bond donors (Lipinski definition) is 0. The lowest BCUT2D eigenvalue weighted by Crippen LogP contribution is -2.28. The second-order valence-corrected chi connectivity index (χ2v) is 7.78. The van der Waals surface area contributed by atoms with Gasteiger partial charge in [-0.15, -0.1) is 0 Å². The second kappa shape index (κ2) is 7.29. The van der Waals surface area contributed by atoms with Gasteiger partial charge in [-0.2, -0.15) is 0 Å². The van der Waals surface area contributed by atoms with Crippen LogP contribution in [0.15, 0.2) is 35.4 Å². The van der Waals surface area contributed by atoms with Gasteiger partial charge in [-0.1, -0.05) is 17.7 Å². The highest BCUT2D eigenvalue weighted by molar-refractivity contribution is 8.18. The summed E-state index contributed by atoms with van der Waals surface area (Å²) in [6.45, 7) is 5.95. The van der Waals surface area contributed by atoms with Crippen molar-refractivity contribution in [3.8, 4) is 0 Å². The number of rotatable bonds is 4. The van der Waals surface area contributed by atoms with Crippen LogP contribution in [0, 0.1) is 12.7 Å². The fraction of sp³-hybridized carbons (Fsp3) is 0.263. The smallest absolute Gasteiger partial charge is 0.293 e. The number of amides is 2. The molecule has 1 aromatic heterocycles. The van der Waals surface area contributed by atoms with E-state index >= 15 is 0 Å². The highest BCUT2D eigenvalue weighted by Gasteiger charge is 2.36. The molecule has 0 radical (unpaired) electrons. The Hall–Kier alpha value is -2.05. The van der Waals surface area contributed by atoms with E-state index in [-0.39, 0.29) is 17.1 Å². The van der Waals surface area contributed by atoms with Gasteiger partial charge in [0.1, 0.15) is 5.82 Å². The number of imide groups is 1. The highest BCUT2D eigenvalue weighted by Crippen LogP contribution is 2.35. The third-order valence-electron chi connectivity index (χ3n) is 4.18. The summed E-state index contributed by atoms with van der Waals surface area (Å²) in [5.41, 5.74) is 2.06. The van der Waals surface area contributed by atoms with Gasteiger partial charge in [0.2, 0.25) is 0 Å². The maximum atomic E-state index is 14.0. The van der Waals surface area contributed by atoms with Gasteiger partial charge in [-0.25, -0.2) is 4.39 Å². The van der Waals surface area contributed by atoms with Gasteiger partial charge < -0.3 is 4.57 Å². The molecule has 0 atom stereocenters. The molecule has 1 fully saturated rings. The van der Waals surface area contributed by atoms with E-state index in [0.717, 1.165) is 27.9 Å². The summed E-state index contributed by atoms with van der Waals surface area (Å²) in [6, 6.07) is 6.54. The van der Waals surface area contributed by atoms with Crippen LogP contribution < -0.4 is 0 Å². The first kappa shape index (κ1) is 18.7. The Morgan fingerprint density at radius 2 is 2.04 bits per heavy atom. The lowest BCUT2D eigenvalue weighted by atomic mass is 10.2. The minimum absolute atomic E-state index is 0.138. The molecule has 7 heteroatoms. The molecule has 2 amide bonds. The molecule has 2 heterocycles. The summed E-state index contributed by atoms with van der Waals surface area (Å²) in [5, 5.41) is -0.238. The first-order valence-corrected chi connectivity index (χ1v) is 9.34. The van der Waals surface area contributed by atoms with Crippen molar-refractivity contribution in [2.24, 2.45) is 0 Å². The Morgan fingerprint density at radius 3 is 2.65 bits per heavy atom. The molecule has 136 valence electrons. The first-order valence-electron chi connectivity index (χ1n) is 8.14. The average molecular weight is 393 g/mol. The van der Waals surface area contributed by atoms with Crippen LogP contribution in [0.5, 0.6) is 0 Å². The van der Waals surface area contributed by atoms with Gasteiger partial charge >= 0.3 is 0 Å². The van der Waals surface area contributed by atoms with E-state index < -0.39 is 17.0 Å². The molecule has 0 aliphatic carbocycles. The van der Waals surface area contributed by atoms with Crippen molar-refractivity contribution in [3.63, 3.8) is 0 Å². The number of benzene rings is 1. The Bertz CT molecular complexity index is 900. The maximum absolute atomic E-state index is 14.0. The number of thioether (sulfide) groups is 1. The quantitative estimate of drug-likeness (QED) is 0.653. The number of aromatic nitrogens is 1. The van der Waals surface area contributed by atoms with Crippen molar-refractivity contribution in [1.82, 2.24) is 9.47 Å². The zero-order valence-corrected chi connectivity index (χ0v) is 16.2. The van der Waals surface area contributed by atoms with Crippen molar-refractivity contribution in [2.75, 3.05) is 0 Å². The number of hydrogen-bond acceptors (Lipinski definition) is 3. The Labute approximate surface area is 160 Å². The third-order valence-corrected chi connectivity index (χ3v) is 5.44. The molecule has 0 saturated carbocycles. The van der Waals surface area contributed by atoms with E-state index in [0.29, 0.717) is 10.9 Å². The van der Waals surface area contributed by atoms with Crippen molar-refractivity contribution in [2.45, 2.75) is 33.4 Å². The molecule has 0 N–H and O–H groups in total. The lowest BCUT2D eigenvalue weighted by Gasteiger charge is -2.14. The number of aryl methyl sites for hydroxylation is 1. The second-order valence-electron chi connectivity index (χ2n) is 6.38. The Morgan fingerprint density at radius 1 is 1.31 bits per heavy atom. The minimum atomic E-state index is -0.537. The van der Waals surface area contributed by atoms with Gasteiger partial charge in [0.15, 0.2) is 0 Å². The molecule has 1 aliphatic rings. The molecular formula is C19H18ClFN2O2S. The van der Waals surface area contributed by atoms with Gasteiger partial charge in [0, 0.05) is 28.5 Å². The average Bonchev–Trinajstić information content (AvgIpc) is 3.05. The van der Waals surface area contributed by atoms with E-state index in [1.165, 1.54) is 18.2 Å². The number of nitrogens with zero attached hydrogens (tertiary/aromatic N) is 2.